The zero-order valence-corrected chi connectivity index (χ0v) is 9.03. The Balaban J connectivity index is 2.04. The van der Waals surface area contributed by atoms with Crippen LogP contribution >= 0.6 is 0 Å². The van der Waals surface area contributed by atoms with Gasteiger partial charge in [0.2, 0.25) is 5.91 Å². The van der Waals surface area contributed by atoms with Crippen molar-refractivity contribution in [3.8, 4) is 0 Å². The monoisotopic (exact) mass is 211 g/mol. The van der Waals surface area contributed by atoms with Gasteiger partial charge in [-0.25, -0.2) is 4.79 Å². The highest BCUT2D eigenvalue weighted by atomic mass is 16.2. The first kappa shape index (κ1) is 10.4. The summed E-state index contributed by atoms with van der Waals surface area (Å²) in [5.41, 5.74) is 0. The molecule has 1 unspecified atom stereocenters. The molecule has 0 radical (unpaired) electrons. The van der Waals surface area contributed by atoms with E-state index in [0.29, 0.717) is 6.54 Å². The SMILES string of the molecule is CCN1C(=O)CN(C2CCCNC2)C1=O. The molecular weight excluding hydrogens is 194 g/mol. The van der Waals surface area contributed by atoms with E-state index in [-0.39, 0.29) is 24.5 Å². The molecule has 0 bridgehead atoms. The quantitative estimate of drug-likeness (QED) is 0.655. The molecule has 1 atom stereocenters. The molecule has 15 heavy (non-hydrogen) atoms. The van der Waals surface area contributed by atoms with Crippen molar-refractivity contribution >= 4 is 11.9 Å². The van der Waals surface area contributed by atoms with Crippen molar-refractivity contribution in [2.75, 3.05) is 26.2 Å². The van der Waals surface area contributed by atoms with Crippen LogP contribution in [0.3, 0.4) is 0 Å². The van der Waals surface area contributed by atoms with Crippen LogP contribution in [0.2, 0.25) is 0 Å². The molecule has 0 spiro atoms. The lowest BCUT2D eigenvalue weighted by Crippen LogP contribution is -2.47. The molecule has 2 aliphatic rings. The first-order chi connectivity index (χ1) is 7.24. The minimum Gasteiger partial charge on any atom is -0.315 e. The Labute approximate surface area is 89.4 Å². The molecule has 0 aromatic carbocycles. The van der Waals surface area contributed by atoms with E-state index in [1.165, 1.54) is 4.90 Å². The van der Waals surface area contributed by atoms with E-state index < -0.39 is 0 Å². The Morgan fingerprint density at radius 1 is 1.47 bits per heavy atom. The van der Waals surface area contributed by atoms with Gasteiger partial charge >= 0.3 is 6.03 Å². The first-order valence-corrected chi connectivity index (χ1v) is 5.55. The molecule has 0 aromatic rings. The summed E-state index contributed by atoms with van der Waals surface area (Å²) in [5, 5.41) is 3.26. The summed E-state index contributed by atoms with van der Waals surface area (Å²) in [7, 11) is 0. The summed E-state index contributed by atoms with van der Waals surface area (Å²) in [6.45, 7) is 4.41. The molecule has 5 heteroatoms. The third-order valence-electron chi connectivity index (χ3n) is 3.11. The van der Waals surface area contributed by atoms with Crippen LogP contribution in [0.5, 0.6) is 0 Å². The van der Waals surface area contributed by atoms with Gasteiger partial charge in [0.25, 0.3) is 0 Å². The summed E-state index contributed by atoms with van der Waals surface area (Å²) < 4.78 is 0. The number of nitrogens with zero attached hydrogens (tertiary/aromatic N) is 2. The van der Waals surface area contributed by atoms with Crippen molar-refractivity contribution in [2.45, 2.75) is 25.8 Å². The van der Waals surface area contributed by atoms with Crippen LogP contribution in [0.15, 0.2) is 0 Å². The van der Waals surface area contributed by atoms with Gasteiger partial charge in [-0.1, -0.05) is 0 Å². The Morgan fingerprint density at radius 3 is 2.80 bits per heavy atom. The molecule has 0 saturated carbocycles. The van der Waals surface area contributed by atoms with Gasteiger partial charge in [0.15, 0.2) is 0 Å². The van der Waals surface area contributed by atoms with Gasteiger partial charge in [-0.15, -0.1) is 0 Å². The molecule has 5 nitrogen and oxygen atoms in total. The van der Waals surface area contributed by atoms with Crippen LogP contribution < -0.4 is 5.32 Å². The molecule has 0 aromatic heterocycles. The fourth-order valence-corrected chi connectivity index (χ4v) is 2.26. The molecule has 2 heterocycles. The number of urea groups is 1. The lowest BCUT2D eigenvalue weighted by atomic mass is 10.1. The Kier molecular flexibility index (Phi) is 2.90. The minimum absolute atomic E-state index is 0.0620. The number of piperidine rings is 1. The Morgan fingerprint density at radius 2 is 2.27 bits per heavy atom. The zero-order valence-electron chi connectivity index (χ0n) is 9.03. The molecular formula is C10H17N3O2. The molecule has 84 valence electrons. The maximum atomic E-state index is 11.8. The predicted molar refractivity (Wildman–Crippen MR) is 55.4 cm³/mol. The van der Waals surface area contributed by atoms with Crippen LogP contribution in [0.1, 0.15) is 19.8 Å². The molecule has 0 aliphatic carbocycles. The maximum absolute atomic E-state index is 11.8. The highest BCUT2D eigenvalue weighted by Crippen LogP contribution is 2.17. The fraction of sp³-hybridized carbons (Fsp3) is 0.800. The average molecular weight is 211 g/mol. The number of amides is 3. The molecule has 3 amide bonds. The zero-order chi connectivity index (χ0) is 10.8. The van der Waals surface area contributed by atoms with Gasteiger partial charge in [0.1, 0.15) is 6.54 Å². The van der Waals surface area contributed by atoms with Crippen LogP contribution in [0.25, 0.3) is 0 Å². The molecule has 2 saturated heterocycles. The second kappa shape index (κ2) is 4.18. The lowest BCUT2D eigenvalue weighted by Gasteiger charge is -2.30. The second-order valence-corrected chi connectivity index (χ2v) is 4.05. The van der Waals surface area contributed by atoms with E-state index in [2.05, 4.69) is 5.32 Å². The van der Waals surface area contributed by atoms with E-state index in [1.54, 1.807) is 4.90 Å². The number of rotatable bonds is 2. The standard InChI is InChI=1S/C10H17N3O2/c1-2-12-9(14)7-13(10(12)15)8-4-3-5-11-6-8/h8,11H,2-7H2,1H3. The highest BCUT2D eigenvalue weighted by Gasteiger charge is 2.38. The maximum Gasteiger partial charge on any atom is 0.327 e. The van der Waals surface area contributed by atoms with E-state index in [4.69, 9.17) is 0 Å². The fourth-order valence-electron chi connectivity index (χ4n) is 2.26. The molecule has 2 aliphatic heterocycles. The topological polar surface area (TPSA) is 52.7 Å². The Hall–Kier alpha value is -1.10. The number of carbonyl (C=O) groups is 2. The van der Waals surface area contributed by atoms with E-state index >= 15 is 0 Å². The van der Waals surface area contributed by atoms with Crippen LogP contribution in [0, 0.1) is 0 Å². The number of carbonyl (C=O) groups excluding carboxylic acids is 2. The summed E-state index contributed by atoms with van der Waals surface area (Å²) in [4.78, 5) is 26.4. The van der Waals surface area contributed by atoms with Crippen molar-refractivity contribution in [3.63, 3.8) is 0 Å². The lowest BCUT2D eigenvalue weighted by molar-refractivity contribution is -0.125. The van der Waals surface area contributed by atoms with Crippen molar-refractivity contribution in [2.24, 2.45) is 0 Å². The van der Waals surface area contributed by atoms with Crippen molar-refractivity contribution < 1.29 is 9.59 Å². The number of hydrogen-bond donors (Lipinski definition) is 1. The summed E-state index contributed by atoms with van der Waals surface area (Å²) in [6, 6.07) is 0.0861. The van der Waals surface area contributed by atoms with Gasteiger partial charge in [-0.05, 0) is 26.3 Å². The van der Waals surface area contributed by atoms with Crippen LogP contribution in [0.4, 0.5) is 4.79 Å². The molecule has 2 fully saturated rings. The van der Waals surface area contributed by atoms with Crippen LogP contribution in [-0.4, -0.2) is 54.0 Å². The number of hydrogen-bond acceptors (Lipinski definition) is 3. The molecule has 1 N–H and O–H groups in total. The minimum atomic E-state index is -0.115. The summed E-state index contributed by atoms with van der Waals surface area (Å²) >= 11 is 0. The number of likely N-dealkylation sites (N-methyl/N-ethyl adjacent to an activating group) is 1. The largest absolute Gasteiger partial charge is 0.327 e. The van der Waals surface area contributed by atoms with Crippen molar-refractivity contribution in [1.82, 2.24) is 15.1 Å². The van der Waals surface area contributed by atoms with E-state index in [1.807, 2.05) is 6.92 Å². The second-order valence-electron chi connectivity index (χ2n) is 4.05. The Bertz CT molecular complexity index is 274. The third-order valence-corrected chi connectivity index (χ3v) is 3.11. The summed E-state index contributed by atoms with van der Waals surface area (Å²) in [5.74, 6) is -0.0620. The number of nitrogens with one attached hydrogen (secondary N) is 1. The van der Waals surface area contributed by atoms with E-state index in [9.17, 15) is 9.59 Å². The molecule has 2 rings (SSSR count). The van der Waals surface area contributed by atoms with Gasteiger partial charge in [0, 0.05) is 19.1 Å². The van der Waals surface area contributed by atoms with Gasteiger partial charge in [0.05, 0.1) is 0 Å². The summed E-state index contributed by atoms with van der Waals surface area (Å²) in [6.07, 6.45) is 2.08. The third kappa shape index (κ3) is 1.84. The van der Waals surface area contributed by atoms with E-state index in [0.717, 1.165) is 25.9 Å². The van der Waals surface area contributed by atoms with Crippen molar-refractivity contribution in [1.29, 1.82) is 0 Å². The highest BCUT2D eigenvalue weighted by molar-refractivity contribution is 6.02. The predicted octanol–water partition coefficient (Wildman–Crippen LogP) is 0.0225. The normalized spacial score (nSPS) is 27.7. The van der Waals surface area contributed by atoms with Gasteiger partial charge in [-0.2, -0.15) is 0 Å². The first-order valence-electron chi connectivity index (χ1n) is 5.55. The average Bonchev–Trinajstić information content (AvgIpc) is 2.55. The van der Waals surface area contributed by atoms with Crippen molar-refractivity contribution in [3.05, 3.63) is 0 Å². The van der Waals surface area contributed by atoms with Gasteiger partial charge < -0.3 is 10.2 Å². The van der Waals surface area contributed by atoms with Gasteiger partial charge in [-0.3, -0.25) is 9.69 Å². The number of imide groups is 1. The smallest absolute Gasteiger partial charge is 0.315 e. The van der Waals surface area contributed by atoms with Crippen LogP contribution in [-0.2, 0) is 4.79 Å².